The molecule has 0 radical (unpaired) electrons. The largest absolute Gasteiger partial charge is 0.497 e. The molecule has 4 aromatic rings. The number of hydrogen-bond acceptors (Lipinski definition) is 7. The molecule has 0 spiro atoms. The molecule has 0 saturated heterocycles. The van der Waals surface area contributed by atoms with Crippen molar-refractivity contribution in [3.05, 3.63) is 70.0 Å². The molecule has 0 aliphatic heterocycles. The maximum Gasteiger partial charge on any atom is 0.311 e. The summed E-state index contributed by atoms with van der Waals surface area (Å²) in [6, 6.07) is 14.8. The topological polar surface area (TPSA) is 73.9 Å². The van der Waals surface area contributed by atoms with E-state index in [1.165, 1.54) is 11.3 Å². The molecule has 0 bridgehead atoms. The first-order valence-electron chi connectivity index (χ1n) is 9.58. The molecule has 0 atom stereocenters. The molecule has 0 fully saturated rings. The molecule has 0 amide bonds. The predicted molar refractivity (Wildman–Crippen MR) is 121 cm³/mol. The molecular weight excluding hydrogens is 436 g/mol. The van der Waals surface area contributed by atoms with Gasteiger partial charge in [-0.25, -0.2) is 9.98 Å². The Balaban J connectivity index is 1.82. The standard InChI is InChI=1S/C23H19ClN2O4S/c1-3-29-22(27)10-16-13-31-23(25-16)26-19-12-21(14-4-6-15(24)7-5-14)30-20-9-8-17(28-2)11-18(19)20/h4-9,11-13H,3,10H2,1-2H3. The Kier molecular flexibility index (Phi) is 6.34. The zero-order valence-electron chi connectivity index (χ0n) is 16.9. The number of esters is 1. The van der Waals surface area contributed by atoms with E-state index in [-0.39, 0.29) is 12.4 Å². The zero-order chi connectivity index (χ0) is 21.8. The lowest BCUT2D eigenvalue weighted by Gasteiger charge is -2.06. The van der Waals surface area contributed by atoms with Gasteiger partial charge in [0.1, 0.15) is 17.1 Å². The van der Waals surface area contributed by atoms with Crippen molar-refractivity contribution < 1.29 is 18.7 Å². The minimum atomic E-state index is -0.307. The molecule has 0 N–H and O–H groups in total. The van der Waals surface area contributed by atoms with Crippen LogP contribution in [0.4, 0.5) is 5.13 Å². The molecule has 2 heterocycles. The highest BCUT2D eigenvalue weighted by molar-refractivity contribution is 7.13. The maximum atomic E-state index is 11.7. The number of thiazole rings is 1. The van der Waals surface area contributed by atoms with Crippen LogP contribution >= 0.6 is 22.9 Å². The summed E-state index contributed by atoms with van der Waals surface area (Å²) in [7, 11) is 1.61. The van der Waals surface area contributed by atoms with E-state index in [0.717, 1.165) is 10.9 Å². The number of benzene rings is 2. The van der Waals surface area contributed by atoms with Crippen LogP contribution in [0.5, 0.6) is 5.75 Å². The number of fused-ring (bicyclic) bond motifs is 1. The van der Waals surface area contributed by atoms with E-state index in [2.05, 4.69) is 4.98 Å². The van der Waals surface area contributed by atoms with Gasteiger partial charge in [0, 0.05) is 27.4 Å². The van der Waals surface area contributed by atoms with E-state index in [1.807, 2.05) is 53.9 Å². The lowest BCUT2D eigenvalue weighted by molar-refractivity contribution is -0.142. The normalized spacial score (nSPS) is 11.6. The molecule has 31 heavy (non-hydrogen) atoms. The second kappa shape index (κ2) is 9.32. The second-order valence-electron chi connectivity index (χ2n) is 6.58. The van der Waals surface area contributed by atoms with Gasteiger partial charge in [0.25, 0.3) is 0 Å². The second-order valence-corrected chi connectivity index (χ2v) is 7.85. The highest BCUT2D eigenvalue weighted by Gasteiger charge is 2.10. The number of ether oxygens (including phenoxy) is 2. The molecule has 4 rings (SSSR count). The summed E-state index contributed by atoms with van der Waals surface area (Å²) in [5, 5.41) is 4.47. The smallest absolute Gasteiger partial charge is 0.311 e. The van der Waals surface area contributed by atoms with Gasteiger partial charge >= 0.3 is 5.97 Å². The average molecular weight is 455 g/mol. The minimum Gasteiger partial charge on any atom is -0.497 e. The van der Waals surface area contributed by atoms with E-state index >= 15 is 0 Å². The van der Waals surface area contributed by atoms with Crippen molar-refractivity contribution in [2.75, 3.05) is 13.7 Å². The first-order valence-corrected chi connectivity index (χ1v) is 10.8. The van der Waals surface area contributed by atoms with Gasteiger partial charge in [0.15, 0.2) is 0 Å². The third-order valence-electron chi connectivity index (χ3n) is 4.47. The Morgan fingerprint density at radius 3 is 2.74 bits per heavy atom. The number of methoxy groups -OCH3 is 1. The van der Waals surface area contributed by atoms with Gasteiger partial charge < -0.3 is 13.9 Å². The number of rotatable bonds is 6. The fourth-order valence-electron chi connectivity index (χ4n) is 3.02. The van der Waals surface area contributed by atoms with Crippen molar-refractivity contribution in [1.29, 1.82) is 0 Å². The maximum absolute atomic E-state index is 11.7. The molecule has 2 aromatic carbocycles. The Morgan fingerprint density at radius 2 is 2.00 bits per heavy atom. The van der Waals surface area contributed by atoms with Gasteiger partial charge in [0.05, 0.1) is 31.2 Å². The van der Waals surface area contributed by atoms with Crippen LogP contribution in [-0.4, -0.2) is 24.7 Å². The Hall–Kier alpha value is -3.16. The van der Waals surface area contributed by atoms with Gasteiger partial charge in [-0.3, -0.25) is 4.79 Å². The SMILES string of the molecule is CCOC(=O)Cc1csc(N=c2cc(-c3ccc(Cl)cc3)oc3ccc(OC)cc23)n1. The van der Waals surface area contributed by atoms with Crippen molar-refractivity contribution in [3.8, 4) is 17.1 Å². The molecule has 6 nitrogen and oxygen atoms in total. The average Bonchev–Trinajstić information content (AvgIpc) is 3.20. The fourth-order valence-corrected chi connectivity index (χ4v) is 3.84. The fraction of sp³-hybridized carbons (Fsp3) is 0.174. The summed E-state index contributed by atoms with van der Waals surface area (Å²) in [6.45, 7) is 2.12. The summed E-state index contributed by atoms with van der Waals surface area (Å²) < 4.78 is 16.5. The van der Waals surface area contributed by atoms with Crippen LogP contribution in [0.15, 0.2) is 63.3 Å². The van der Waals surface area contributed by atoms with E-state index in [0.29, 0.717) is 44.9 Å². The predicted octanol–water partition coefficient (Wildman–Crippen LogP) is 5.56. The summed E-state index contributed by atoms with van der Waals surface area (Å²) >= 11 is 7.38. The number of aromatic nitrogens is 1. The van der Waals surface area contributed by atoms with E-state index in [4.69, 9.17) is 30.5 Å². The van der Waals surface area contributed by atoms with Crippen LogP contribution in [0, 0.1) is 0 Å². The Bertz CT molecular complexity index is 1300. The molecule has 0 unspecified atom stereocenters. The number of nitrogens with zero attached hydrogens (tertiary/aromatic N) is 2. The highest BCUT2D eigenvalue weighted by Crippen LogP contribution is 2.27. The van der Waals surface area contributed by atoms with Crippen molar-refractivity contribution in [2.24, 2.45) is 4.99 Å². The van der Waals surface area contributed by atoms with Crippen LogP contribution in [-0.2, 0) is 16.0 Å². The molecule has 0 aliphatic rings. The number of hydrogen-bond donors (Lipinski definition) is 0. The third kappa shape index (κ3) is 4.95. The van der Waals surface area contributed by atoms with E-state index < -0.39 is 0 Å². The number of carbonyl (C=O) groups excluding carboxylic acids is 1. The lowest BCUT2D eigenvalue weighted by Crippen LogP contribution is -2.07. The van der Waals surface area contributed by atoms with Crippen molar-refractivity contribution in [1.82, 2.24) is 4.98 Å². The van der Waals surface area contributed by atoms with E-state index in [1.54, 1.807) is 14.0 Å². The molecule has 158 valence electrons. The summed E-state index contributed by atoms with van der Waals surface area (Å²) in [6.07, 6.45) is 0.120. The molecule has 0 aliphatic carbocycles. The van der Waals surface area contributed by atoms with Crippen LogP contribution in [0.25, 0.3) is 22.3 Å². The van der Waals surface area contributed by atoms with Gasteiger partial charge in [-0.1, -0.05) is 11.6 Å². The number of halogens is 1. The van der Waals surface area contributed by atoms with Gasteiger partial charge in [-0.2, -0.15) is 0 Å². The molecule has 0 saturated carbocycles. The lowest BCUT2D eigenvalue weighted by atomic mass is 10.1. The minimum absolute atomic E-state index is 0.120. The van der Waals surface area contributed by atoms with Crippen LogP contribution in [0.1, 0.15) is 12.6 Å². The van der Waals surface area contributed by atoms with Crippen molar-refractivity contribution >= 4 is 45.0 Å². The molecule has 2 aromatic heterocycles. The Labute approximate surface area is 187 Å². The van der Waals surface area contributed by atoms with Crippen LogP contribution in [0.2, 0.25) is 5.02 Å². The summed E-state index contributed by atoms with van der Waals surface area (Å²) in [5.41, 5.74) is 2.17. The van der Waals surface area contributed by atoms with Crippen LogP contribution in [0.3, 0.4) is 0 Å². The highest BCUT2D eigenvalue weighted by atomic mass is 35.5. The van der Waals surface area contributed by atoms with Gasteiger partial charge in [0.2, 0.25) is 5.13 Å². The molecular formula is C23H19ClN2O4S. The third-order valence-corrected chi connectivity index (χ3v) is 5.50. The van der Waals surface area contributed by atoms with Gasteiger partial charge in [-0.15, -0.1) is 11.3 Å². The summed E-state index contributed by atoms with van der Waals surface area (Å²) in [5.74, 6) is 1.04. The summed E-state index contributed by atoms with van der Waals surface area (Å²) in [4.78, 5) is 20.9. The van der Waals surface area contributed by atoms with Crippen molar-refractivity contribution in [3.63, 3.8) is 0 Å². The van der Waals surface area contributed by atoms with Gasteiger partial charge in [-0.05, 0) is 49.4 Å². The Morgan fingerprint density at radius 1 is 1.19 bits per heavy atom. The monoisotopic (exact) mass is 454 g/mol. The first-order chi connectivity index (χ1) is 15.1. The first kappa shape index (κ1) is 21.1. The molecule has 8 heteroatoms. The van der Waals surface area contributed by atoms with Crippen molar-refractivity contribution in [2.45, 2.75) is 13.3 Å². The zero-order valence-corrected chi connectivity index (χ0v) is 18.5. The van der Waals surface area contributed by atoms with Crippen LogP contribution < -0.4 is 10.1 Å². The quantitative estimate of drug-likeness (QED) is 0.357. The van der Waals surface area contributed by atoms with E-state index in [9.17, 15) is 4.79 Å². The number of carbonyl (C=O) groups is 1.